The van der Waals surface area contributed by atoms with Gasteiger partial charge in [-0.3, -0.25) is 4.79 Å². The van der Waals surface area contributed by atoms with Crippen LogP contribution >= 0.6 is 0 Å². The third-order valence-corrected chi connectivity index (χ3v) is 4.65. The minimum Gasteiger partial charge on any atom is -0.490 e. The van der Waals surface area contributed by atoms with Crippen molar-refractivity contribution in [2.45, 2.75) is 50.9 Å². The van der Waals surface area contributed by atoms with Crippen LogP contribution in [0.2, 0.25) is 0 Å². The molecule has 1 aromatic carbocycles. The maximum absolute atomic E-state index is 14.1. The van der Waals surface area contributed by atoms with Crippen molar-refractivity contribution in [1.29, 1.82) is 0 Å². The Morgan fingerprint density at radius 3 is 2.83 bits per heavy atom. The van der Waals surface area contributed by atoms with Crippen LogP contribution in [0.15, 0.2) is 18.2 Å². The summed E-state index contributed by atoms with van der Waals surface area (Å²) in [6.45, 7) is 2.82. The zero-order chi connectivity index (χ0) is 17.1. The molecule has 1 amide bonds. The summed E-state index contributed by atoms with van der Waals surface area (Å²) in [5.41, 5.74) is 6.26. The smallest absolute Gasteiger partial charge is 0.249 e. The Bertz CT molecular complexity index is 592. The van der Waals surface area contributed by atoms with Crippen LogP contribution in [-0.2, 0) is 9.53 Å². The van der Waals surface area contributed by atoms with Crippen LogP contribution in [0.3, 0.4) is 0 Å². The quantitative estimate of drug-likeness (QED) is 0.801. The molecule has 6 heteroatoms. The van der Waals surface area contributed by atoms with E-state index in [2.05, 4.69) is 5.32 Å². The molecule has 0 bridgehead atoms. The minimum absolute atomic E-state index is 0.0450. The van der Waals surface area contributed by atoms with Gasteiger partial charge in [-0.15, -0.1) is 0 Å². The number of hydrogen-bond acceptors (Lipinski definition) is 4. The Kier molecular flexibility index (Phi) is 5.36. The fraction of sp³-hybridized carbons (Fsp3) is 0.611. The van der Waals surface area contributed by atoms with Crippen LogP contribution in [0.25, 0.3) is 0 Å². The average molecular weight is 336 g/mol. The van der Waals surface area contributed by atoms with E-state index >= 15 is 0 Å². The number of nitrogens with one attached hydrogen (secondary N) is 1. The van der Waals surface area contributed by atoms with Gasteiger partial charge in [0.25, 0.3) is 0 Å². The first-order valence-electron chi connectivity index (χ1n) is 8.65. The number of ether oxygens (including phenoxy) is 2. The first-order chi connectivity index (χ1) is 11.6. The van der Waals surface area contributed by atoms with Crippen molar-refractivity contribution in [3.8, 4) is 5.75 Å². The van der Waals surface area contributed by atoms with Crippen molar-refractivity contribution in [3.05, 3.63) is 29.6 Å². The van der Waals surface area contributed by atoms with Crippen LogP contribution < -0.4 is 15.8 Å². The van der Waals surface area contributed by atoms with Gasteiger partial charge in [-0.25, -0.2) is 4.39 Å². The molecule has 1 heterocycles. The Labute approximate surface area is 141 Å². The Morgan fingerprint density at radius 1 is 1.42 bits per heavy atom. The van der Waals surface area contributed by atoms with E-state index in [1.807, 2.05) is 6.92 Å². The van der Waals surface area contributed by atoms with E-state index in [1.165, 1.54) is 6.07 Å². The second kappa shape index (κ2) is 7.49. The predicted octanol–water partition coefficient (Wildman–Crippen LogP) is 2.30. The number of rotatable bonds is 7. The van der Waals surface area contributed by atoms with Crippen LogP contribution in [0, 0.1) is 11.7 Å². The number of benzene rings is 1. The predicted molar refractivity (Wildman–Crippen MR) is 88.1 cm³/mol. The second-order valence-corrected chi connectivity index (χ2v) is 6.73. The zero-order valence-corrected chi connectivity index (χ0v) is 14.0. The van der Waals surface area contributed by atoms with Crippen molar-refractivity contribution in [1.82, 2.24) is 5.32 Å². The van der Waals surface area contributed by atoms with Crippen molar-refractivity contribution in [3.63, 3.8) is 0 Å². The minimum atomic E-state index is -0.466. The van der Waals surface area contributed by atoms with Gasteiger partial charge in [-0.1, -0.05) is 6.07 Å². The van der Waals surface area contributed by atoms with Gasteiger partial charge in [0, 0.05) is 6.54 Å². The van der Waals surface area contributed by atoms with Gasteiger partial charge < -0.3 is 20.5 Å². The molecule has 132 valence electrons. The highest BCUT2D eigenvalue weighted by Gasteiger charge is 2.30. The molecule has 1 saturated carbocycles. The van der Waals surface area contributed by atoms with Crippen LogP contribution in [-0.4, -0.2) is 31.3 Å². The summed E-state index contributed by atoms with van der Waals surface area (Å²) in [7, 11) is 0. The number of hydrogen-bond donors (Lipinski definition) is 2. The molecule has 1 unspecified atom stereocenters. The van der Waals surface area contributed by atoms with E-state index in [0.29, 0.717) is 31.1 Å². The molecule has 3 atom stereocenters. The van der Waals surface area contributed by atoms with Crippen molar-refractivity contribution in [2.75, 3.05) is 13.2 Å². The molecule has 1 aliphatic heterocycles. The molecule has 5 nitrogen and oxygen atoms in total. The van der Waals surface area contributed by atoms with Gasteiger partial charge in [0.05, 0.1) is 18.8 Å². The summed E-state index contributed by atoms with van der Waals surface area (Å²) in [6.07, 6.45) is 3.28. The van der Waals surface area contributed by atoms with E-state index in [9.17, 15) is 9.18 Å². The zero-order valence-electron chi connectivity index (χ0n) is 14.0. The third kappa shape index (κ3) is 4.24. The fourth-order valence-corrected chi connectivity index (χ4v) is 2.86. The summed E-state index contributed by atoms with van der Waals surface area (Å²) in [6, 6.07) is 4.54. The fourth-order valence-electron chi connectivity index (χ4n) is 2.86. The van der Waals surface area contributed by atoms with Gasteiger partial charge in [0.15, 0.2) is 11.6 Å². The number of nitrogens with two attached hydrogens (primary N) is 1. The molecule has 0 spiro atoms. The maximum Gasteiger partial charge on any atom is 0.249 e. The van der Waals surface area contributed by atoms with Gasteiger partial charge in [0.2, 0.25) is 5.91 Å². The van der Waals surface area contributed by atoms with Crippen molar-refractivity contribution >= 4 is 5.91 Å². The Balaban J connectivity index is 1.55. The molecular formula is C18H25FN2O3. The molecule has 1 aromatic rings. The van der Waals surface area contributed by atoms with Gasteiger partial charge in [-0.05, 0) is 56.2 Å². The lowest BCUT2D eigenvalue weighted by Gasteiger charge is -2.18. The topological polar surface area (TPSA) is 73.6 Å². The Morgan fingerprint density at radius 2 is 2.21 bits per heavy atom. The summed E-state index contributed by atoms with van der Waals surface area (Å²) < 4.78 is 25.2. The van der Waals surface area contributed by atoms with E-state index in [-0.39, 0.29) is 23.8 Å². The van der Waals surface area contributed by atoms with E-state index in [0.717, 1.165) is 19.3 Å². The summed E-state index contributed by atoms with van der Waals surface area (Å²) in [5, 5.41) is 2.88. The number of halogens is 1. The molecule has 0 aromatic heterocycles. The standard InChI is InChI=1S/C18H25FN2O3/c1-11(21-18(22)17-7-5-14(9-20)24-17)13-4-6-16(15(19)8-13)23-10-12-2-3-12/h4,6,8,11-12,14,17H,2-3,5,7,9-10,20H2,1H3,(H,21,22)/t11?,14-,17+/m1/s1. The first-order valence-corrected chi connectivity index (χ1v) is 8.65. The second-order valence-electron chi connectivity index (χ2n) is 6.73. The molecule has 3 N–H and O–H groups in total. The summed E-state index contributed by atoms with van der Waals surface area (Å²) in [5.74, 6) is 0.280. The average Bonchev–Trinajstić information content (AvgIpc) is 3.27. The normalized spacial score (nSPS) is 24.6. The molecule has 1 aliphatic carbocycles. The van der Waals surface area contributed by atoms with Crippen LogP contribution in [0.1, 0.15) is 44.2 Å². The molecule has 24 heavy (non-hydrogen) atoms. The lowest BCUT2D eigenvalue weighted by molar-refractivity contribution is -0.132. The van der Waals surface area contributed by atoms with Gasteiger partial charge >= 0.3 is 0 Å². The number of amides is 1. The van der Waals surface area contributed by atoms with Crippen LogP contribution in [0.5, 0.6) is 5.75 Å². The highest BCUT2D eigenvalue weighted by Crippen LogP contribution is 2.30. The van der Waals surface area contributed by atoms with E-state index < -0.39 is 11.9 Å². The molecule has 1 saturated heterocycles. The molecular weight excluding hydrogens is 311 g/mol. The first kappa shape index (κ1) is 17.2. The SMILES string of the molecule is CC(NC(=O)[C@@H]1CC[C@H](CN)O1)c1ccc(OCC2CC2)c(F)c1. The van der Waals surface area contributed by atoms with Crippen molar-refractivity contribution < 1.29 is 18.7 Å². The summed E-state index contributed by atoms with van der Waals surface area (Å²) >= 11 is 0. The third-order valence-electron chi connectivity index (χ3n) is 4.65. The highest BCUT2D eigenvalue weighted by molar-refractivity contribution is 5.81. The number of carbonyl (C=O) groups excluding carboxylic acids is 1. The van der Waals surface area contributed by atoms with Crippen molar-refractivity contribution in [2.24, 2.45) is 11.7 Å². The molecule has 0 radical (unpaired) electrons. The van der Waals surface area contributed by atoms with Gasteiger partial charge in [0.1, 0.15) is 6.10 Å². The number of carbonyl (C=O) groups is 1. The summed E-state index contributed by atoms with van der Waals surface area (Å²) in [4.78, 5) is 12.2. The molecule has 2 aliphatic rings. The largest absolute Gasteiger partial charge is 0.490 e. The highest BCUT2D eigenvalue weighted by atomic mass is 19.1. The van der Waals surface area contributed by atoms with Crippen LogP contribution in [0.4, 0.5) is 4.39 Å². The molecule has 2 fully saturated rings. The maximum atomic E-state index is 14.1. The van der Waals surface area contributed by atoms with Gasteiger partial charge in [-0.2, -0.15) is 0 Å². The lowest BCUT2D eigenvalue weighted by Crippen LogP contribution is -2.37. The van der Waals surface area contributed by atoms with E-state index in [4.69, 9.17) is 15.2 Å². The monoisotopic (exact) mass is 336 g/mol. The Hall–Kier alpha value is -1.66. The lowest BCUT2D eigenvalue weighted by atomic mass is 10.1. The van der Waals surface area contributed by atoms with E-state index in [1.54, 1.807) is 12.1 Å². The molecule has 3 rings (SSSR count).